The van der Waals surface area contributed by atoms with Crippen LogP contribution in [0.4, 0.5) is 0 Å². The van der Waals surface area contributed by atoms with Gasteiger partial charge < -0.3 is 20.0 Å². The van der Waals surface area contributed by atoms with Crippen molar-refractivity contribution in [3.63, 3.8) is 0 Å². The predicted octanol–water partition coefficient (Wildman–Crippen LogP) is 2.96. The average Bonchev–Trinajstić information content (AvgIpc) is 3.31. The summed E-state index contributed by atoms with van der Waals surface area (Å²) in [6.45, 7) is 6.26. The molecule has 0 bridgehead atoms. The third-order valence-corrected chi connectivity index (χ3v) is 6.76. The SMILES string of the molecule is CN=C(NCc1coc(-c2ccccc2)n1)NCC1(N2CCCCC2)CCN(C)CC1. The van der Waals surface area contributed by atoms with Gasteiger partial charge in [0.25, 0.3) is 0 Å². The van der Waals surface area contributed by atoms with Gasteiger partial charge in [-0.3, -0.25) is 9.89 Å². The molecule has 2 aromatic rings. The second-order valence-corrected chi connectivity index (χ2v) is 8.86. The molecule has 4 rings (SSSR count). The van der Waals surface area contributed by atoms with E-state index in [4.69, 9.17) is 4.42 Å². The van der Waals surface area contributed by atoms with Crippen LogP contribution in [-0.2, 0) is 6.54 Å². The van der Waals surface area contributed by atoms with Gasteiger partial charge in [0.1, 0.15) is 6.26 Å². The van der Waals surface area contributed by atoms with E-state index >= 15 is 0 Å². The fraction of sp³-hybridized carbons (Fsp3) is 0.583. The van der Waals surface area contributed by atoms with Crippen molar-refractivity contribution >= 4 is 5.96 Å². The van der Waals surface area contributed by atoms with Gasteiger partial charge in [-0.15, -0.1) is 0 Å². The van der Waals surface area contributed by atoms with Crippen molar-refractivity contribution in [3.05, 3.63) is 42.3 Å². The largest absolute Gasteiger partial charge is 0.444 e. The highest BCUT2D eigenvalue weighted by Crippen LogP contribution is 2.30. The molecule has 2 saturated heterocycles. The van der Waals surface area contributed by atoms with Crippen molar-refractivity contribution < 1.29 is 4.42 Å². The maximum Gasteiger partial charge on any atom is 0.226 e. The van der Waals surface area contributed by atoms with Crippen LogP contribution in [-0.4, -0.2) is 73.1 Å². The molecule has 2 fully saturated rings. The number of oxazole rings is 1. The van der Waals surface area contributed by atoms with Crippen LogP contribution in [0.1, 0.15) is 37.8 Å². The number of nitrogens with zero attached hydrogens (tertiary/aromatic N) is 4. The molecule has 2 aliphatic heterocycles. The normalized spacial score (nSPS) is 20.5. The Kier molecular flexibility index (Phi) is 7.25. The van der Waals surface area contributed by atoms with Gasteiger partial charge in [0.05, 0.1) is 12.2 Å². The number of aromatic nitrogens is 1. The number of likely N-dealkylation sites (tertiary alicyclic amines) is 2. The molecule has 2 aliphatic rings. The van der Waals surface area contributed by atoms with Crippen molar-refractivity contribution in [2.75, 3.05) is 46.8 Å². The molecule has 0 atom stereocenters. The molecular formula is C24H36N6O. The van der Waals surface area contributed by atoms with Gasteiger partial charge in [-0.25, -0.2) is 4.98 Å². The minimum absolute atomic E-state index is 0.221. The van der Waals surface area contributed by atoms with Crippen LogP contribution in [0.3, 0.4) is 0 Å². The van der Waals surface area contributed by atoms with E-state index in [0.29, 0.717) is 12.4 Å². The Labute approximate surface area is 185 Å². The van der Waals surface area contributed by atoms with Crippen molar-refractivity contribution in [2.24, 2.45) is 4.99 Å². The van der Waals surface area contributed by atoms with Crippen molar-refractivity contribution in [2.45, 2.75) is 44.2 Å². The van der Waals surface area contributed by atoms with E-state index in [1.54, 1.807) is 6.26 Å². The van der Waals surface area contributed by atoms with Crippen LogP contribution in [0.5, 0.6) is 0 Å². The quantitative estimate of drug-likeness (QED) is 0.549. The summed E-state index contributed by atoms with van der Waals surface area (Å²) in [7, 11) is 4.06. The minimum Gasteiger partial charge on any atom is -0.444 e. The van der Waals surface area contributed by atoms with E-state index in [0.717, 1.165) is 36.9 Å². The van der Waals surface area contributed by atoms with Gasteiger partial charge in [-0.05, 0) is 71.0 Å². The van der Waals surface area contributed by atoms with E-state index < -0.39 is 0 Å². The Bertz CT molecular complexity index is 835. The third kappa shape index (κ3) is 5.46. The topological polar surface area (TPSA) is 68.9 Å². The molecular weight excluding hydrogens is 388 g/mol. The van der Waals surface area contributed by atoms with Crippen LogP contribution in [0, 0.1) is 0 Å². The van der Waals surface area contributed by atoms with Crippen LogP contribution in [0.15, 0.2) is 46.0 Å². The molecule has 168 valence electrons. The molecule has 7 heteroatoms. The fourth-order valence-electron chi connectivity index (χ4n) is 4.75. The summed E-state index contributed by atoms with van der Waals surface area (Å²) >= 11 is 0. The number of rotatable bonds is 6. The van der Waals surface area contributed by atoms with Gasteiger partial charge in [0.15, 0.2) is 5.96 Å². The monoisotopic (exact) mass is 424 g/mol. The number of hydrogen-bond donors (Lipinski definition) is 2. The van der Waals surface area contributed by atoms with Crippen LogP contribution in [0.2, 0.25) is 0 Å². The maximum atomic E-state index is 5.65. The summed E-state index contributed by atoms with van der Waals surface area (Å²) in [5, 5.41) is 7.03. The van der Waals surface area contributed by atoms with Crippen LogP contribution in [0.25, 0.3) is 11.5 Å². The predicted molar refractivity (Wildman–Crippen MR) is 125 cm³/mol. The number of hydrogen-bond acceptors (Lipinski definition) is 5. The number of nitrogens with one attached hydrogen (secondary N) is 2. The maximum absolute atomic E-state index is 5.65. The van der Waals surface area contributed by atoms with E-state index in [1.165, 1.54) is 45.2 Å². The molecule has 31 heavy (non-hydrogen) atoms. The summed E-state index contributed by atoms with van der Waals surface area (Å²) in [4.78, 5) is 14.2. The first-order valence-corrected chi connectivity index (χ1v) is 11.6. The average molecular weight is 425 g/mol. The summed E-state index contributed by atoms with van der Waals surface area (Å²) in [6.07, 6.45) is 8.13. The standard InChI is InChI=1S/C24H36N6O/c1-25-23(26-17-21-18-31-22(28-21)20-9-5-3-6-10-20)27-19-24(11-15-29(2)16-12-24)30-13-7-4-8-14-30/h3,5-6,9-10,18H,4,7-8,11-17,19H2,1-2H3,(H2,25,26,27). The molecule has 7 nitrogen and oxygen atoms in total. The van der Waals surface area contributed by atoms with Crippen molar-refractivity contribution in [1.29, 1.82) is 0 Å². The van der Waals surface area contributed by atoms with Crippen molar-refractivity contribution in [1.82, 2.24) is 25.4 Å². The van der Waals surface area contributed by atoms with E-state index in [2.05, 4.69) is 37.5 Å². The Morgan fingerprint density at radius 2 is 1.81 bits per heavy atom. The van der Waals surface area contributed by atoms with Crippen molar-refractivity contribution in [3.8, 4) is 11.5 Å². The molecule has 3 heterocycles. The summed E-state index contributed by atoms with van der Waals surface area (Å²) in [5.74, 6) is 1.47. The number of benzene rings is 1. The molecule has 0 amide bonds. The first kappa shape index (κ1) is 21.8. The highest BCUT2D eigenvalue weighted by molar-refractivity contribution is 5.79. The molecule has 0 radical (unpaired) electrons. The van der Waals surface area contributed by atoms with Gasteiger partial charge >= 0.3 is 0 Å². The molecule has 1 aromatic carbocycles. The number of aliphatic imine (C=N–C) groups is 1. The zero-order valence-electron chi connectivity index (χ0n) is 18.9. The fourth-order valence-corrected chi connectivity index (χ4v) is 4.75. The number of piperidine rings is 2. The van der Waals surface area contributed by atoms with Crippen LogP contribution >= 0.6 is 0 Å². The smallest absolute Gasteiger partial charge is 0.226 e. The lowest BCUT2D eigenvalue weighted by Gasteiger charge is -2.50. The van der Waals surface area contributed by atoms with Gasteiger partial charge in [0.2, 0.25) is 5.89 Å². The van der Waals surface area contributed by atoms with Gasteiger partial charge in [0, 0.05) is 24.7 Å². The zero-order chi connectivity index (χ0) is 21.5. The highest BCUT2D eigenvalue weighted by atomic mass is 16.3. The Balaban J connectivity index is 1.34. The molecule has 1 aromatic heterocycles. The Hall–Kier alpha value is -2.38. The molecule has 0 aliphatic carbocycles. The van der Waals surface area contributed by atoms with Crippen LogP contribution < -0.4 is 10.6 Å². The first-order valence-electron chi connectivity index (χ1n) is 11.6. The van der Waals surface area contributed by atoms with E-state index in [1.807, 2.05) is 37.4 Å². The molecule has 0 saturated carbocycles. The second-order valence-electron chi connectivity index (χ2n) is 8.86. The Morgan fingerprint density at radius 1 is 1.06 bits per heavy atom. The summed E-state index contributed by atoms with van der Waals surface area (Å²) in [5.41, 5.74) is 2.08. The summed E-state index contributed by atoms with van der Waals surface area (Å²) < 4.78 is 5.65. The molecule has 0 spiro atoms. The first-order chi connectivity index (χ1) is 15.2. The lowest BCUT2D eigenvalue weighted by atomic mass is 9.84. The van der Waals surface area contributed by atoms with Gasteiger partial charge in [-0.1, -0.05) is 24.6 Å². The minimum atomic E-state index is 0.221. The lowest BCUT2D eigenvalue weighted by molar-refractivity contribution is 0.0173. The second kappa shape index (κ2) is 10.3. The highest BCUT2D eigenvalue weighted by Gasteiger charge is 2.39. The van der Waals surface area contributed by atoms with E-state index in [-0.39, 0.29) is 5.54 Å². The third-order valence-electron chi connectivity index (χ3n) is 6.76. The molecule has 0 unspecified atom stereocenters. The zero-order valence-corrected chi connectivity index (χ0v) is 18.9. The summed E-state index contributed by atoms with van der Waals surface area (Å²) in [6, 6.07) is 9.98. The lowest BCUT2D eigenvalue weighted by Crippen LogP contribution is -2.62. The Morgan fingerprint density at radius 3 is 2.52 bits per heavy atom. The molecule has 2 N–H and O–H groups in total. The number of guanidine groups is 1. The van der Waals surface area contributed by atoms with E-state index in [9.17, 15) is 0 Å². The van der Waals surface area contributed by atoms with Gasteiger partial charge in [-0.2, -0.15) is 0 Å².